The van der Waals surface area contributed by atoms with E-state index in [2.05, 4.69) is 0 Å². The summed E-state index contributed by atoms with van der Waals surface area (Å²) in [6, 6.07) is 4.15. The highest BCUT2D eigenvalue weighted by Crippen LogP contribution is 2.27. The van der Waals surface area contributed by atoms with Crippen LogP contribution in [-0.2, 0) is 0 Å². The third-order valence-corrected chi connectivity index (χ3v) is 5.40. The van der Waals surface area contributed by atoms with Crippen molar-refractivity contribution < 1.29 is 5.11 Å². The van der Waals surface area contributed by atoms with Gasteiger partial charge in [0.15, 0.2) is 13.8 Å². The standard InChI is InChI=1S/C20H25BN6O/c21-25-9-5-14(6-10-25)27-12-8-20(24-27)26-11-7-16(22)18(26)13-17(23)15-3-1-2-4-19(15)28/h3-4,7-8,11-14,28H,1-2,5-6,9-10,22-23H2/b17-13-. The second-order valence-corrected chi connectivity index (χ2v) is 7.33. The van der Waals surface area contributed by atoms with Crippen LogP contribution in [0.15, 0.2) is 53.7 Å². The van der Waals surface area contributed by atoms with Gasteiger partial charge in [0.2, 0.25) is 0 Å². The fourth-order valence-electron chi connectivity index (χ4n) is 3.78. The summed E-state index contributed by atoms with van der Waals surface area (Å²) in [6.07, 6.45) is 13.0. The van der Waals surface area contributed by atoms with Gasteiger partial charge in [-0.15, -0.1) is 0 Å². The largest absolute Gasteiger partial charge is 0.508 e. The highest BCUT2D eigenvalue weighted by molar-refractivity contribution is 6.04. The van der Waals surface area contributed by atoms with Crippen LogP contribution in [0.3, 0.4) is 0 Å². The number of aliphatic hydroxyl groups excluding tert-OH is 1. The van der Waals surface area contributed by atoms with Crippen LogP contribution in [0.25, 0.3) is 11.9 Å². The third-order valence-electron chi connectivity index (χ3n) is 5.40. The molecular weight excluding hydrogens is 351 g/mol. The van der Waals surface area contributed by atoms with Gasteiger partial charge in [0, 0.05) is 29.7 Å². The van der Waals surface area contributed by atoms with Gasteiger partial charge in [-0.25, -0.2) is 0 Å². The van der Waals surface area contributed by atoms with Gasteiger partial charge in [0.1, 0.15) is 5.76 Å². The molecule has 0 spiro atoms. The number of hydrogen-bond donors (Lipinski definition) is 3. The van der Waals surface area contributed by atoms with E-state index in [0.717, 1.165) is 50.3 Å². The van der Waals surface area contributed by atoms with Gasteiger partial charge in [-0.1, -0.05) is 6.08 Å². The molecule has 1 fully saturated rings. The molecule has 4 rings (SSSR count). The van der Waals surface area contributed by atoms with Gasteiger partial charge in [0.25, 0.3) is 0 Å². The lowest BCUT2D eigenvalue weighted by Gasteiger charge is -2.29. The Kier molecular flexibility index (Phi) is 5.04. The quantitative estimate of drug-likeness (QED) is 0.712. The summed E-state index contributed by atoms with van der Waals surface area (Å²) >= 11 is 0. The number of anilines is 1. The van der Waals surface area contributed by atoms with Gasteiger partial charge >= 0.3 is 0 Å². The Morgan fingerprint density at radius 3 is 2.68 bits per heavy atom. The van der Waals surface area contributed by atoms with Gasteiger partial charge in [-0.05, 0) is 57.0 Å². The maximum atomic E-state index is 10.1. The normalized spacial score (nSPS) is 19.5. The average Bonchev–Trinajstić information content (AvgIpc) is 3.30. The maximum Gasteiger partial charge on any atom is 0.182 e. The zero-order chi connectivity index (χ0) is 19.7. The summed E-state index contributed by atoms with van der Waals surface area (Å²) in [6.45, 7) is 1.74. The Labute approximate surface area is 166 Å². The van der Waals surface area contributed by atoms with Crippen LogP contribution in [0.4, 0.5) is 5.69 Å². The van der Waals surface area contributed by atoms with E-state index in [9.17, 15) is 5.11 Å². The predicted molar refractivity (Wildman–Crippen MR) is 112 cm³/mol. The first-order valence-electron chi connectivity index (χ1n) is 9.62. The number of nitrogen functional groups attached to an aromatic ring is 1. The Morgan fingerprint density at radius 2 is 1.93 bits per heavy atom. The van der Waals surface area contributed by atoms with Crippen molar-refractivity contribution in [3.63, 3.8) is 0 Å². The van der Waals surface area contributed by atoms with Crippen molar-refractivity contribution in [1.29, 1.82) is 0 Å². The van der Waals surface area contributed by atoms with Gasteiger partial charge < -0.3 is 21.4 Å². The molecule has 2 aromatic rings. The molecule has 7 nitrogen and oxygen atoms in total. The second kappa shape index (κ2) is 7.63. The molecule has 0 saturated carbocycles. The number of piperidine rings is 1. The average molecular weight is 376 g/mol. The molecule has 0 unspecified atom stereocenters. The molecule has 2 aromatic heterocycles. The molecule has 3 heterocycles. The summed E-state index contributed by atoms with van der Waals surface area (Å²) in [5, 5.41) is 14.9. The van der Waals surface area contributed by atoms with Crippen LogP contribution in [0.1, 0.15) is 37.4 Å². The minimum Gasteiger partial charge on any atom is -0.508 e. The Morgan fingerprint density at radius 1 is 1.18 bits per heavy atom. The number of nitrogens with zero attached hydrogens (tertiary/aromatic N) is 4. The number of rotatable bonds is 4. The first kappa shape index (κ1) is 18.5. The smallest absolute Gasteiger partial charge is 0.182 e. The van der Waals surface area contributed by atoms with Crippen LogP contribution in [0.2, 0.25) is 0 Å². The molecule has 0 bridgehead atoms. The highest BCUT2D eigenvalue weighted by atomic mass is 16.3. The molecule has 0 amide bonds. The van der Waals surface area contributed by atoms with Crippen LogP contribution in [-0.4, -0.2) is 45.3 Å². The molecule has 28 heavy (non-hydrogen) atoms. The van der Waals surface area contributed by atoms with E-state index in [0.29, 0.717) is 23.0 Å². The number of nitrogens with two attached hydrogens (primary N) is 2. The van der Waals surface area contributed by atoms with E-state index in [1.54, 1.807) is 12.2 Å². The van der Waals surface area contributed by atoms with E-state index >= 15 is 0 Å². The van der Waals surface area contributed by atoms with E-state index in [1.807, 2.05) is 44.7 Å². The molecule has 0 aromatic carbocycles. The lowest BCUT2D eigenvalue weighted by molar-refractivity contribution is 0.268. The summed E-state index contributed by atoms with van der Waals surface area (Å²) in [4.78, 5) is 1.85. The fraction of sp³-hybridized carbons (Fsp3) is 0.350. The second-order valence-electron chi connectivity index (χ2n) is 7.33. The first-order valence-corrected chi connectivity index (χ1v) is 9.62. The van der Waals surface area contributed by atoms with Crippen molar-refractivity contribution in [1.82, 2.24) is 19.2 Å². The molecule has 1 aliphatic heterocycles. The van der Waals surface area contributed by atoms with E-state index in [4.69, 9.17) is 24.5 Å². The third kappa shape index (κ3) is 3.60. The molecule has 2 aliphatic rings. The molecule has 0 atom stereocenters. The minimum atomic E-state index is 0.215. The number of allylic oxidation sites excluding steroid dienone is 2. The van der Waals surface area contributed by atoms with Crippen molar-refractivity contribution >= 4 is 19.7 Å². The van der Waals surface area contributed by atoms with Crippen molar-refractivity contribution in [2.24, 2.45) is 5.73 Å². The van der Waals surface area contributed by atoms with Crippen molar-refractivity contribution in [3.05, 3.63) is 59.4 Å². The van der Waals surface area contributed by atoms with Crippen LogP contribution < -0.4 is 11.5 Å². The lowest BCUT2D eigenvalue weighted by atomic mass is 10.0. The maximum absolute atomic E-state index is 10.1. The first-order chi connectivity index (χ1) is 13.5. The molecule has 5 N–H and O–H groups in total. The van der Waals surface area contributed by atoms with Gasteiger partial charge in [0.05, 0.1) is 17.4 Å². The number of hydrogen-bond acceptors (Lipinski definition) is 5. The van der Waals surface area contributed by atoms with Gasteiger partial charge in [-0.2, -0.15) is 5.10 Å². The lowest BCUT2D eigenvalue weighted by Crippen LogP contribution is -2.32. The van der Waals surface area contributed by atoms with E-state index in [1.165, 1.54) is 0 Å². The number of aliphatic hydroxyl groups is 1. The monoisotopic (exact) mass is 376 g/mol. The highest BCUT2D eigenvalue weighted by Gasteiger charge is 2.20. The number of aromatic nitrogens is 3. The summed E-state index contributed by atoms with van der Waals surface area (Å²) in [7, 11) is 5.85. The zero-order valence-electron chi connectivity index (χ0n) is 15.8. The van der Waals surface area contributed by atoms with E-state index < -0.39 is 0 Å². The molecule has 1 aliphatic carbocycles. The Balaban J connectivity index is 1.62. The molecule has 2 radical (unpaired) electrons. The van der Waals surface area contributed by atoms with E-state index in [-0.39, 0.29) is 5.76 Å². The summed E-state index contributed by atoms with van der Waals surface area (Å²) in [5.74, 6) is 0.996. The van der Waals surface area contributed by atoms with Crippen molar-refractivity contribution in [2.45, 2.75) is 31.7 Å². The fourth-order valence-corrected chi connectivity index (χ4v) is 3.78. The van der Waals surface area contributed by atoms with Crippen LogP contribution in [0.5, 0.6) is 0 Å². The van der Waals surface area contributed by atoms with Crippen molar-refractivity contribution in [2.75, 3.05) is 18.8 Å². The van der Waals surface area contributed by atoms with Gasteiger partial charge in [-0.3, -0.25) is 9.25 Å². The topological polar surface area (TPSA) is 98.3 Å². The summed E-state index contributed by atoms with van der Waals surface area (Å²) in [5.41, 5.74) is 14.9. The Hall–Kier alpha value is -2.87. The molecule has 1 saturated heterocycles. The zero-order valence-corrected chi connectivity index (χ0v) is 15.8. The molecular formula is C20H25BN6O. The minimum absolute atomic E-state index is 0.215. The van der Waals surface area contributed by atoms with Crippen LogP contribution >= 0.6 is 0 Å². The summed E-state index contributed by atoms with van der Waals surface area (Å²) < 4.78 is 3.93. The SMILES string of the molecule is [B]N1CCC(n2ccc(-n3ccc(N)c3/C=C(\N)C3=CCCC=C3O)n2)CC1. The predicted octanol–water partition coefficient (Wildman–Crippen LogP) is 2.44. The molecule has 8 heteroatoms. The van der Waals surface area contributed by atoms with Crippen molar-refractivity contribution in [3.8, 4) is 5.82 Å². The van der Waals surface area contributed by atoms with Crippen LogP contribution in [0, 0.1) is 0 Å². The Bertz CT molecular complexity index is 946. The molecule has 144 valence electrons.